The van der Waals surface area contributed by atoms with Gasteiger partial charge in [0, 0.05) is 9.80 Å². The van der Waals surface area contributed by atoms with E-state index >= 15 is 0 Å². The molecule has 1 rings (SSSR count). The molecule has 0 aromatic heterocycles. The highest BCUT2D eigenvalue weighted by Crippen LogP contribution is 2.12. The van der Waals surface area contributed by atoms with E-state index in [4.69, 9.17) is 11.6 Å². The SMILES string of the molecule is ClC(/C=C/c1ccc(Br)cc1)CBr. The van der Waals surface area contributed by atoms with Crippen LogP contribution in [0.1, 0.15) is 5.56 Å². The molecule has 0 aliphatic rings. The van der Waals surface area contributed by atoms with Gasteiger partial charge in [0.2, 0.25) is 0 Å². The third kappa shape index (κ3) is 4.30. The Morgan fingerprint density at radius 3 is 2.46 bits per heavy atom. The second-order valence-electron chi connectivity index (χ2n) is 2.58. The van der Waals surface area contributed by atoms with E-state index in [0.717, 1.165) is 15.4 Å². The first kappa shape index (κ1) is 11.3. The Labute approximate surface area is 100 Å². The molecule has 13 heavy (non-hydrogen) atoms. The molecular formula is C10H9Br2Cl. The van der Waals surface area contributed by atoms with Crippen LogP contribution in [-0.2, 0) is 0 Å². The van der Waals surface area contributed by atoms with Gasteiger partial charge in [-0.05, 0) is 17.7 Å². The highest BCUT2D eigenvalue weighted by atomic mass is 79.9. The van der Waals surface area contributed by atoms with Gasteiger partial charge in [0.05, 0.1) is 5.38 Å². The standard InChI is InChI=1S/C10H9Br2Cl/c11-7-10(13)6-3-8-1-4-9(12)5-2-8/h1-6,10H,7H2/b6-3+. The zero-order valence-corrected chi connectivity index (χ0v) is 10.8. The van der Waals surface area contributed by atoms with Crippen LogP contribution in [0, 0.1) is 0 Å². The number of hydrogen-bond acceptors (Lipinski definition) is 0. The van der Waals surface area contributed by atoms with Gasteiger partial charge in [0.1, 0.15) is 0 Å². The molecular weight excluding hydrogens is 315 g/mol. The molecule has 1 aromatic carbocycles. The van der Waals surface area contributed by atoms with E-state index in [1.165, 1.54) is 0 Å². The highest BCUT2D eigenvalue weighted by Gasteiger charge is 1.94. The van der Waals surface area contributed by atoms with Crippen molar-refractivity contribution < 1.29 is 0 Å². The van der Waals surface area contributed by atoms with Crippen LogP contribution >= 0.6 is 43.5 Å². The summed E-state index contributed by atoms with van der Waals surface area (Å²) in [6.45, 7) is 0. The molecule has 0 amide bonds. The monoisotopic (exact) mass is 322 g/mol. The van der Waals surface area contributed by atoms with Crippen molar-refractivity contribution in [2.45, 2.75) is 5.38 Å². The molecule has 3 heteroatoms. The number of benzene rings is 1. The third-order valence-electron chi connectivity index (χ3n) is 1.51. The van der Waals surface area contributed by atoms with Gasteiger partial charge in [0.25, 0.3) is 0 Å². The van der Waals surface area contributed by atoms with Crippen LogP contribution in [0.25, 0.3) is 6.08 Å². The summed E-state index contributed by atoms with van der Waals surface area (Å²) in [4.78, 5) is 0. The predicted molar refractivity (Wildman–Crippen MR) is 66.6 cm³/mol. The summed E-state index contributed by atoms with van der Waals surface area (Å²) in [5, 5.41) is 0.838. The van der Waals surface area contributed by atoms with Crippen molar-refractivity contribution in [1.82, 2.24) is 0 Å². The van der Waals surface area contributed by atoms with E-state index in [0.29, 0.717) is 0 Å². The molecule has 1 aromatic rings. The number of allylic oxidation sites excluding steroid dienone is 1. The Kier molecular flexibility index (Phi) is 5.07. The van der Waals surface area contributed by atoms with E-state index in [1.807, 2.05) is 36.4 Å². The second-order valence-corrected chi connectivity index (χ2v) is 4.70. The van der Waals surface area contributed by atoms with Crippen molar-refractivity contribution in [3.63, 3.8) is 0 Å². The van der Waals surface area contributed by atoms with Gasteiger partial charge in [-0.1, -0.05) is 56.1 Å². The Bertz CT molecular complexity index is 279. The smallest absolute Gasteiger partial charge is 0.0616 e. The Balaban J connectivity index is 2.64. The topological polar surface area (TPSA) is 0 Å². The fourth-order valence-corrected chi connectivity index (χ4v) is 1.39. The van der Waals surface area contributed by atoms with Gasteiger partial charge >= 0.3 is 0 Å². The Hall–Kier alpha value is 0.210. The van der Waals surface area contributed by atoms with Gasteiger partial charge in [-0.25, -0.2) is 0 Å². The maximum absolute atomic E-state index is 5.90. The zero-order chi connectivity index (χ0) is 9.68. The minimum Gasteiger partial charge on any atom is -0.118 e. The molecule has 0 fully saturated rings. The van der Waals surface area contributed by atoms with Gasteiger partial charge in [-0.2, -0.15) is 0 Å². The molecule has 70 valence electrons. The van der Waals surface area contributed by atoms with E-state index in [9.17, 15) is 0 Å². The first-order valence-electron chi connectivity index (χ1n) is 3.86. The van der Waals surface area contributed by atoms with Gasteiger partial charge in [0.15, 0.2) is 0 Å². The molecule has 0 radical (unpaired) electrons. The number of rotatable bonds is 3. The van der Waals surface area contributed by atoms with E-state index in [1.54, 1.807) is 0 Å². The molecule has 0 saturated carbocycles. The van der Waals surface area contributed by atoms with Crippen molar-refractivity contribution in [1.29, 1.82) is 0 Å². The first-order chi connectivity index (χ1) is 6.22. The average Bonchev–Trinajstić information content (AvgIpc) is 2.16. The predicted octanol–water partition coefficient (Wildman–Crippen LogP) is 4.46. The minimum absolute atomic E-state index is 0.0589. The molecule has 0 heterocycles. The lowest BCUT2D eigenvalue weighted by molar-refractivity contribution is 1.28. The molecule has 0 N–H and O–H groups in total. The summed E-state index contributed by atoms with van der Waals surface area (Å²) in [6, 6.07) is 8.10. The lowest BCUT2D eigenvalue weighted by Gasteiger charge is -1.97. The maximum atomic E-state index is 5.90. The molecule has 0 saturated heterocycles. The lowest BCUT2D eigenvalue weighted by Crippen LogP contribution is -1.92. The summed E-state index contributed by atoms with van der Waals surface area (Å²) in [6.07, 6.45) is 3.99. The largest absolute Gasteiger partial charge is 0.118 e. The van der Waals surface area contributed by atoms with E-state index in [-0.39, 0.29) is 5.38 Å². The fourth-order valence-electron chi connectivity index (χ4n) is 0.841. The van der Waals surface area contributed by atoms with Crippen molar-refractivity contribution in [3.05, 3.63) is 40.4 Å². The summed E-state index contributed by atoms with van der Waals surface area (Å²) in [5.41, 5.74) is 1.16. The molecule has 0 spiro atoms. The fraction of sp³-hybridized carbons (Fsp3) is 0.200. The maximum Gasteiger partial charge on any atom is 0.0616 e. The normalized spacial score (nSPS) is 13.5. The first-order valence-corrected chi connectivity index (χ1v) is 6.21. The van der Waals surface area contributed by atoms with Crippen LogP contribution in [0.2, 0.25) is 0 Å². The molecule has 0 nitrogen and oxygen atoms in total. The molecule has 0 bridgehead atoms. The number of hydrogen-bond donors (Lipinski definition) is 0. The molecule has 0 aliphatic heterocycles. The quantitative estimate of drug-likeness (QED) is 0.720. The summed E-state index contributed by atoms with van der Waals surface area (Å²) >= 11 is 12.6. The lowest BCUT2D eigenvalue weighted by atomic mass is 10.2. The van der Waals surface area contributed by atoms with Crippen molar-refractivity contribution in [3.8, 4) is 0 Å². The van der Waals surface area contributed by atoms with Crippen LogP contribution in [-0.4, -0.2) is 10.7 Å². The van der Waals surface area contributed by atoms with Gasteiger partial charge in [-0.15, -0.1) is 11.6 Å². The number of halogens is 3. The van der Waals surface area contributed by atoms with Crippen LogP contribution in [0.15, 0.2) is 34.8 Å². The highest BCUT2D eigenvalue weighted by molar-refractivity contribution is 9.10. The molecule has 0 aliphatic carbocycles. The summed E-state index contributed by atoms with van der Waals surface area (Å²) in [5.74, 6) is 0. The number of alkyl halides is 2. The van der Waals surface area contributed by atoms with E-state index in [2.05, 4.69) is 31.9 Å². The van der Waals surface area contributed by atoms with Crippen LogP contribution in [0.5, 0.6) is 0 Å². The van der Waals surface area contributed by atoms with Crippen molar-refractivity contribution in [2.75, 3.05) is 5.33 Å². The molecule has 1 atom stereocenters. The Morgan fingerprint density at radius 2 is 1.92 bits per heavy atom. The Morgan fingerprint density at radius 1 is 1.31 bits per heavy atom. The van der Waals surface area contributed by atoms with Crippen LogP contribution < -0.4 is 0 Å². The van der Waals surface area contributed by atoms with E-state index < -0.39 is 0 Å². The minimum atomic E-state index is 0.0589. The summed E-state index contributed by atoms with van der Waals surface area (Å²) in [7, 11) is 0. The third-order valence-corrected chi connectivity index (χ3v) is 3.41. The average molecular weight is 324 g/mol. The zero-order valence-electron chi connectivity index (χ0n) is 6.88. The van der Waals surface area contributed by atoms with Gasteiger partial charge in [-0.3, -0.25) is 0 Å². The van der Waals surface area contributed by atoms with Crippen LogP contribution in [0.4, 0.5) is 0 Å². The van der Waals surface area contributed by atoms with Crippen molar-refractivity contribution >= 4 is 49.5 Å². The van der Waals surface area contributed by atoms with Crippen LogP contribution in [0.3, 0.4) is 0 Å². The van der Waals surface area contributed by atoms with Gasteiger partial charge < -0.3 is 0 Å². The summed E-state index contributed by atoms with van der Waals surface area (Å²) < 4.78 is 1.09. The van der Waals surface area contributed by atoms with Crippen molar-refractivity contribution in [2.24, 2.45) is 0 Å². The second kappa shape index (κ2) is 5.84. The molecule has 1 unspecified atom stereocenters.